The fourth-order valence-corrected chi connectivity index (χ4v) is 4.54. The van der Waals surface area contributed by atoms with Crippen molar-refractivity contribution in [2.45, 2.75) is 38.8 Å². The third-order valence-corrected chi connectivity index (χ3v) is 6.21. The molecule has 6 heteroatoms. The fraction of sp³-hybridized carbons (Fsp3) is 0.222. The number of ketones is 1. The lowest BCUT2D eigenvalue weighted by Crippen LogP contribution is -2.30. The second-order valence-electron chi connectivity index (χ2n) is 8.41. The zero-order valence-corrected chi connectivity index (χ0v) is 18.5. The fourth-order valence-electron chi connectivity index (χ4n) is 4.54. The van der Waals surface area contributed by atoms with Gasteiger partial charge in [0.1, 0.15) is 23.4 Å². The highest BCUT2D eigenvalue weighted by Gasteiger charge is 2.47. The van der Waals surface area contributed by atoms with Crippen molar-refractivity contribution in [1.82, 2.24) is 4.98 Å². The average molecular weight is 440 g/mol. The van der Waals surface area contributed by atoms with Crippen molar-refractivity contribution in [2.75, 3.05) is 4.90 Å². The molecule has 0 radical (unpaired) electrons. The Bertz CT molecular complexity index is 1270. The molecule has 2 aromatic carbocycles. The number of Topliss-reactive ketones (excluding diaryl/α,β-unsaturated/α-hetero) is 1. The van der Waals surface area contributed by atoms with E-state index in [4.69, 9.17) is 4.74 Å². The Morgan fingerprint density at radius 1 is 1.12 bits per heavy atom. The lowest BCUT2D eigenvalue weighted by Gasteiger charge is -2.24. The van der Waals surface area contributed by atoms with Gasteiger partial charge in [0.2, 0.25) is 0 Å². The molecule has 0 saturated carbocycles. The molecule has 2 aliphatic rings. The number of aryl methyl sites for hydroxylation is 1. The minimum absolute atomic E-state index is 0.0572. The number of rotatable bonds is 4. The number of amides is 1. The van der Waals surface area contributed by atoms with Crippen molar-refractivity contribution in [3.05, 3.63) is 94.7 Å². The summed E-state index contributed by atoms with van der Waals surface area (Å²) in [7, 11) is 0. The summed E-state index contributed by atoms with van der Waals surface area (Å²) in [6.45, 7) is 4.05. The zero-order chi connectivity index (χ0) is 23.1. The summed E-state index contributed by atoms with van der Waals surface area (Å²) in [6.07, 6.45) is 3.23. The van der Waals surface area contributed by atoms with Crippen molar-refractivity contribution in [2.24, 2.45) is 0 Å². The molecule has 1 amide bonds. The van der Waals surface area contributed by atoms with Gasteiger partial charge in [0.15, 0.2) is 0 Å². The van der Waals surface area contributed by atoms with Gasteiger partial charge >= 0.3 is 5.91 Å². The van der Waals surface area contributed by atoms with Crippen molar-refractivity contribution in [3.63, 3.8) is 0 Å². The third kappa shape index (κ3) is 3.57. The SMILES string of the molecule is CCc1ccc(C2C(=C(O)c3ccc4c(c3)CC(C)O4)C(=O)C(=O)N2c2ccccn2)cc1. The number of nitrogens with zero attached hydrogens (tertiary/aromatic N) is 2. The smallest absolute Gasteiger partial charge is 0.301 e. The van der Waals surface area contributed by atoms with Crippen molar-refractivity contribution in [3.8, 4) is 5.75 Å². The molecule has 3 aromatic rings. The predicted molar refractivity (Wildman–Crippen MR) is 125 cm³/mol. The molecule has 166 valence electrons. The van der Waals surface area contributed by atoms with Crippen LogP contribution in [0.15, 0.2) is 72.4 Å². The first kappa shape index (κ1) is 20.9. The summed E-state index contributed by atoms with van der Waals surface area (Å²) in [5.41, 5.74) is 3.38. The van der Waals surface area contributed by atoms with Gasteiger partial charge < -0.3 is 9.84 Å². The molecule has 1 N–H and O–H groups in total. The van der Waals surface area contributed by atoms with E-state index in [1.54, 1.807) is 36.5 Å². The number of aromatic nitrogens is 1. The van der Waals surface area contributed by atoms with E-state index in [-0.39, 0.29) is 17.4 Å². The van der Waals surface area contributed by atoms with Crippen LogP contribution in [0.1, 0.15) is 42.1 Å². The lowest BCUT2D eigenvalue weighted by molar-refractivity contribution is -0.132. The van der Waals surface area contributed by atoms with Crippen LogP contribution in [0.25, 0.3) is 5.76 Å². The van der Waals surface area contributed by atoms with Crippen molar-refractivity contribution in [1.29, 1.82) is 0 Å². The Labute approximate surface area is 192 Å². The van der Waals surface area contributed by atoms with Crippen molar-refractivity contribution < 1.29 is 19.4 Å². The molecular weight excluding hydrogens is 416 g/mol. The number of hydrogen-bond donors (Lipinski definition) is 1. The molecule has 0 bridgehead atoms. The molecule has 2 atom stereocenters. The second kappa shape index (κ2) is 8.20. The molecule has 0 spiro atoms. The van der Waals surface area contributed by atoms with E-state index in [1.807, 2.05) is 37.3 Å². The number of aliphatic hydroxyl groups is 1. The van der Waals surface area contributed by atoms with Gasteiger partial charge in [-0.05, 0) is 60.4 Å². The third-order valence-electron chi connectivity index (χ3n) is 6.21. The standard InChI is InChI=1S/C27H24N2O4/c1-3-17-7-9-18(10-8-17)24-23(26(31)27(32)29(24)22-6-4-5-13-28-22)25(30)19-11-12-21-20(15-19)14-16(2)33-21/h4-13,15-16,24,30H,3,14H2,1-2H3. The number of carbonyl (C=O) groups is 2. The lowest BCUT2D eigenvalue weighted by atomic mass is 9.93. The second-order valence-corrected chi connectivity index (χ2v) is 8.41. The molecule has 5 rings (SSSR count). The van der Waals surface area contributed by atoms with E-state index in [9.17, 15) is 14.7 Å². The summed E-state index contributed by atoms with van der Waals surface area (Å²) < 4.78 is 5.76. The van der Waals surface area contributed by atoms with Crippen LogP contribution in [0.3, 0.4) is 0 Å². The number of benzene rings is 2. The molecule has 3 heterocycles. The van der Waals surface area contributed by atoms with Crippen LogP contribution in [0.5, 0.6) is 5.75 Å². The summed E-state index contributed by atoms with van der Waals surface area (Å²) in [5.74, 6) is -0.497. The number of fused-ring (bicyclic) bond motifs is 1. The van der Waals surface area contributed by atoms with Crippen molar-refractivity contribution >= 4 is 23.3 Å². The number of hydrogen-bond acceptors (Lipinski definition) is 5. The summed E-state index contributed by atoms with van der Waals surface area (Å²) >= 11 is 0. The first-order chi connectivity index (χ1) is 16.0. The first-order valence-corrected chi connectivity index (χ1v) is 11.1. The van der Waals surface area contributed by atoms with Gasteiger partial charge in [0.25, 0.3) is 5.78 Å². The highest BCUT2D eigenvalue weighted by atomic mass is 16.5. The minimum atomic E-state index is -0.783. The molecule has 1 saturated heterocycles. The first-order valence-electron chi connectivity index (χ1n) is 11.1. The summed E-state index contributed by atoms with van der Waals surface area (Å²) in [4.78, 5) is 32.1. The van der Waals surface area contributed by atoms with Gasteiger partial charge in [-0.1, -0.05) is 37.3 Å². The molecule has 33 heavy (non-hydrogen) atoms. The van der Waals surface area contributed by atoms with Gasteiger partial charge in [-0.3, -0.25) is 14.5 Å². The minimum Gasteiger partial charge on any atom is -0.507 e. The Morgan fingerprint density at radius 2 is 1.91 bits per heavy atom. The maximum Gasteiger partial charge on any atom is 0.301 e. The normalized spacial score (nSPS) is 21.2. The van der Waals surface area contributed by atoms with Crippen LogP contribution in [-0.4, -0.2) is 27.9 Å². The highest BCUT2D eigenvalue weighted by molar-refractivity contribution is 6.51. The highest BCUT2D eigenvalue weighted by Crippen LogP contribution is 2.42. The number of pyridine rings is 1. The van der Waals surface area contributed by atoms with E-state index in [1.165, 1.54) is 4.90 Å². The van der Waals surface area contributed by atoms with Gasteiger partial charge in [0.05, 0.1) is 11.6 Å². The van der Waals surface area contributed by atoms with E-state index >= 15 is 0 Å². The average Bonchev–Trinajstić information content (AvgIpc) is 3.34. The number of ether oxygens (including phenoxy) is 1. The number of anilines is 1. The maximum atomic E-state index is 13.2. The van der Waals surface area contributed by atoms with Gasteiger partial charge in [0, 0.05) is 18.2 Å². The number of aliphatic hydroxyl groups excluding tert-OH is 1. The van der Waals surface area contributed by atoms with Crippen LogP contribution in [0, 0.1) is 0 Å². The maximum absolute atomic E-state index is 13.2. The quantitative estimate of drug-likeness (QED) is 0.365. The molecule has 6 nitrogen and oxygen atoms in total. The van der Waals surface area contributed by atoms with Crippen LogP contribution >= 0.6 is 0 Å². The monoisotopic (exact) mass is 440 g/mol. The molecule has 2 aliphatic heterocycles. The van der Waals surface area contributed by atoms with Gasteiger partial charge in [-0.2, -0.15) is 0 Å². The largest absolute Gasteiger partial charge is 0.507 e. The molecule has 2 unspecified atom stereocenters. The molecule has 0 aliphatic carbocycles. The summed E-state index contributed by atoms with van der Waals surface area (Å²) in [5, 5.41) is 11.3. The summed E-state index contributed by atoms with van der Waals surface area (Å²) in [6, 6.07) is 17.5. The molecule has 1 aromatic heterocycles. The van der Waals surface area contributed by atoms with E-state index in [0.29, 0.717) is 11.4 Å². The van der Waals surface area contributed by atoms with Crippen LogP contribution < -0.4 is 9.64 Å². The van der Waals surface area contributed by atoms with E-state index < -0.39 is 17.7 Å². The molecule has 1 fully saturated rings. The Hall–Kier alpha value is -3.93. The van der Waals surface area contributed by atoms with Gasteiger partial charge in [-0.25, -0.2) is 4.98 Å². The number of carbonyl (C=O) groups excluding carboxylic acids is 2. The Balaban J connectivity index is 1.67. The topological polar surface area (TPSA) is 79.7 Å². The zero-order valence-electron chi connectivity index (χ0n) is 18.5. The van der Waals surface area contributed by atoms with Gasteiger partial charge in [-0.15, -0.1) is 0 Å². The predicted octanol–water partition coefficient (Wildman–Crippen LogP) is 4.59. The van der Waals surface area contributed by atoms with Crippen LogP contribution in [-0.2, 0) is 22.4 Å². The Morgan fingerprint density at radius 3 is 2.61 bits per heavy atom. The van der Waals surface area contributed by atoms with Crippen LogP contribution in [0.4, 0.5) is 5.82 Å². The van der Waals surface area contributed by atoms with E-state index in [0.717, 1.165) is 35.3 Å². The van der Waals surface area contributed by atoms with Crippen LogP contribution in [0.2, 0.25) is 0 Å². The Kier molecular flexibility index (Phi) is 5.21. The van der Waals surface area contributed by atoms with E-state index in [2.05, 4.69) is 11.9 Å². The molecular formula is C27H24N2O4.